The van der Waals surface area contributed by atoms with Crippen molar-refractivity contribution in [3.8, 4) is 0 Å². The van der Waals surface area contributed by atoms with Crippen LogP contribution < -0.4 is 10.9 Å². The zero-order valence-corrected chi connectivity index (χ0v) is 12.3. The Morgan fingerprint density at radius 1 is 1.17 bits per heavy atom. The van der Waals surface area contributed by atoms with Crippen molar-refractivity contribution in [3.63, 3.8) is 0 Å². The molecule has 0 radical (unpaired) electrons. The molecule has 0 saturated carbocycles. The minimum atomic E-state index is -0.608. The van der Waals surface area contributed by atoms with Gasteiger partial charge in [0.2, 0.25) is 5.91 Å². The van der Waals surface area contributed by atoms with Gasteiger partial charge in [-0.25, -0.2) is 4.98 Å². The van der Waals surface area contributed by atoms with Crippen LogP contribution >= 0.6 is 0 Å². The van der Waals surface area contributed by atoms with Gasteiger partial charge in [-0.3, -0.25) is 14.2 Å². The molecule has 0 unspecified atom stereocenters. The summed E-state index contributed by atoms with van der Waals surface area (Å²) in [5.41, 5.74) is 1.83. The Labute approximate surface area is 132 Å². The number of nitrogens with zero attached hydrogens (tertiary/aromatic N) is 2. The number of hydrogen-bond donors (Lipinski definition) is 2. The fourth-order valence-electron chi connectivity index (χ4n) is 2.33. The van der Waals surface area contributed by atoms with E-state index in [2.05, 4.69) is 10.3 Å². The molecule has 0 spiro atoms. The fraction of sp³-hybridized carbons (Fsp3) is 0.118. The van der Waals surface area contributed by atoms with Gasteiger partial charge in [-0.05, 0) is 23.8 Å². The molecule has 0 aliphatic rings. The van der Waals surface area contributed by atoms with Crippen molar-refractivity contribution in [1.29, 1.82) is 0 Å². The summed E-state index contributed by atoms with van der Waals surface area (Å²) >= 11 is 0. The Morgan fingerprint density at radius 3 is 2.70 bits per heavy atom. The van der Waals surface area contributed by atoms with Crippen LogP contribution in [0.15, 0.2) is 59.7 Å². The Morgan fingerprint density at radius 2 is 1.96 bits per heavy atom. The van der Waals surface area contributed by atoms with Gasteiger partial charge < -0.3 is 10.4 Å². The first kappa shape index (κ1) is 14.9. The van der Waals surface area contributed by atoms with E-state index in [1.807, 2.05) is 30.3 Å². The minimum Gasteiger partial charge on any atom is -0.387 e. The van der Waals surface area contributed by atoms with Crippen LogP contribution in [0, 0.1) is 0 Å². The monoisotopic (exact) mass is 309 g/mol. The lowest BCUT2D eigenvalue weighted by molar-refractivity contribution is -0.118. The van der Waals surface area contributed by atoms with Crippen molar-refractivity contribution in [2.24, 2.45) is 0 Å². The number of aromatic nitrogens is 2. The molecule has 2 N–H and O–H groups in total. The van der Waals surface area contributed by atoms with Gasteiger partial charge in [-0.15, -0.1) is 0 Å². The molecule has 0 fully saturated rings. The molecule has 6 nitrogen and oxygen atoms in total. The van der Waals surface area contributed by atoms with E-state index >= 15 is 0 Å². The first-order chi connectivity index (χ1) is 11.2. The average molecular weight is 309 g/mol. The van der Waals surface area contributed by atoms with Gasteiger partial charge in [0.1, 0.15) is 6.61 Å². The summed E-state index contributed by atoms with van der Waals surface area (Å²) in [6.07, 6.45) is 1.52. The molecule has 0 aliphatic carbocycles. The molecular formula is C17H15N3O3. The maximum absolute atomic E-state index is 12.6. The lowest BCUT2D eigenvalue weighted by Crippen LogP contribution is -2.21. The van der Waals surface area contributed by atoms with Crippen LogP contribution in [0.4, 0.5) is 5.69 Å². The summed E-state index contributed by atoms with van der Waals surface area (Å²) in [5.74, 6) is -0.530. The highest BCUT2D eigenvalue weighted by molar-refractivity contribution is 5.94. The van der Waals surface area contributed by atoms with Gasteiger partial charge in [0.15, 0.2) is 0 Å². The van der Waals surface area contributed by atoms with E-state index in [9.17, 15) is 9.59 Å². The SMILES string of the molecule is O=C(CO)Nc1ccc2ncn(Cc3ccccc3)c(=O)c2c1. The minimum absolute atomic E-state index is 0.182. The van der Waals surface area contributed by atoms with Crippen molar-refractivity contribution in [2.75, 3.05) is 11.9 Å². The van der Waals surface area contributed by atoms with Crippen LogP contribution in [-0.2, 0) is 11.3 Å². The first-order valence-corrected chi connectivity index (χ1v) is 7.11. The van der Waals surface area contributed by atoms with Gasteiger partial charge in [0.25, 0.3) is 5.56 Å². The number of aliphatic hydroxyl groups excluding tert-OH is 1. The summed E-state index contributed by atoms with van der Waals surface area (Å²) in [5, 5.41) is 11.7. The fourth-order valence-corrected chi connectivity index (χ4v) is 2.33. The smallest absolute Gasteiger partial charge is 0.261 e. The second-order valence-corrected chi connectivity index (χ2v) is 5.10. The van der Waals surface area contributed by atoms with Crippen LogP contribution in [0.25, 0.3) is 10.9 Å². The third-order valence-electron chi connectivity index (χ3n) is 3.45. The maximum atomic E-state index is 12.6. The molecule has 2 aromatic carbocycles. The molecule has 1 amide bonds. The topological polar surface area (TPSA) is 84.2 Å². The van der Waals surface area contributed by atoms with Crippen LogP contribution in [0.3, 0.4) is 0 Å². The van der Waals surface area contributed by atoms with E-state index in [0.717, 1.165) is 5.56 Å². The third-order valence-corrected chi connectivity index (χ3v) is 3.45. The summed E-state index contributed by atoms with van der Waals surface area (Å²) in [7, 11) is 0. The summed E-state index contributed by atoms with van der Waals surface area (Å²) in [4.78, 5) is 28.1. The van der Waals surface area contributed by atoms with Crippen molar-refractivity contribution in [1.82, 2.24) is 9.55 Å². The Kier molecular flexibility index (Phi) is 4.16. The largest absolute Gasteiger partial charge is 0.387 e. The number of aliphatic hydroxyl groups is 1. The number of amides is 1. The standard InChI is InChI=1S/C17H15N3O3/c21-10-16(22)19-13-6-7-15-14(8-13)17(23)20(11-18-15)9-12-4-2-1-3-5-12/h1-8,11,21H,9-10H2,(H,19,22). The molecular weight excluding hydrogens is 294 g/mol. The molecule has 0 bridgehead atoms. The van der Waals surface area contributed by atoms with Crippen LogP contribution in [0.5, 0.6) is 0 Å². The predicted molar refractivity (Wildman–Crippen MR) is 87.3 cm³/mol. The number of carbonyl (C=O) groups excluding carboxylic acids is 1. The number of hydrogen-bond acceptors (Lipinski definition) is 4. The molecule has 3 rings (SSSR count). The second-order valence-electron chi connectivity index (χ2n) is 5.10. The third kappa shape index (κ3) is 3.27. The van der Waals surface area contributed by atoms with E-state index < -0.39 is 12.5 Å². The molecule has 3 aromatic rings. The Balaban J connectivity index is 1.99. The van der Waals surface area contributed by atoms with E-state index in [-0.39, 0.29) is 5.56 Å². The number of fused-ring (bicyclic) bond motifs is 1. The van der Waals surface area contributed by atoms with Crippen LogP contribution in [-0.4, -0.2) is 27.2 Å². The zero-order chi connectivity index (χ0) is 16.2. The highest BCUT2D eigenvalue weighted by Gasteiger charge is 2.07. The summed E-state index contributed by atoms with van der Waals surface area (Å²) < 4.78 is 1.52. The van der Waals surface area contributed by atoms with Gasteiger partial charge in [0, 0.05) is 5.69 Å². The molecule has 0 aliphatic heterocycles. The normalized spacial score (nSPS) is 10.7. The Hall–Kier alpha value is -2.99. The predicted octanol–water partition coefficient (Wildman–Crippen LogP) is 1.38. The number of anilines is 1. The molecule has 6 heteroatoms. The van der Waals surface area contributed by atoms with Crippen LogP contribution in [0.1, 0.15) is 5.56 Å². The molecule has 0 atom stereocenters. The lowest BCUT2D eigenvalue weighted by Gasteiger charge is -2.08. The number of rotatable bonds is 4. The lowest BCUT2D eigenvalue weighted by atomic mass is 10.2. The van der Waals surface area contributed by atoms with Crippen molar-refractivity contribution in [2.45, 2.75) is 6.54 Å². The van der Waals surface area contributed by atoms with E-state index in [1.54, 1.807) is 18.2 Å². The van der Waals surface area contributed by atoms with Crippen LogP contribution in [0.2, 0.25) is 0 Å². The van der Waals surface area contributed by atoms with E-state index in [4.69, 9.17) is 5.11 Å². The second kappa shape index (κ2) is 6.41. The molecule has 23 heavy (non-hydrogen) atoms. The van der Waals surface area contributed by atoms with E-state index in [0.29, 0.717) is 23.1 Å². The molecule has 116 valence electrons. The maximum Gasteiger partial charge on any atom is 0.261 e. The van der Waals surface area contributed by atoms with Gasteiger partial charge in [-0.2, -0.15) is 0 Å². The van der Waals surface area contributed by atoms with Gasteiger partial charge >= 0.3 is 0 Å². The Bertz CT molecular complexity index is 904. The molecule has 1 aromatic heterocycles. The zero-order valence-electron chi connectivity index (χ0n) is 12.3. The number of carbonyl (C=O) groups is 1. The average Bonchev–Trinajstić information content (AvgIpc) is 2.58. The van der Waals surface area contributed by atoms with Crippen molar-refractivity contribution < 1.29 is 9.90 Å². The molecule has 1 heterocycles. The van der Waals surface area contributed by atoms with Gasteiger partial charge in [0.05, 0.1) is 23.8 Å². The summed E-state index contributed by atoms with van der Waals surface area (Å²) in [6, 6.07) is 14.5. The van der Waals surface area contributed by atoms with Crippen molar-refractivity contribution in [3.05, 3.63) is 70.8 Å². The van der Waals surface area contributed by atoms with Crippen molar-refractivity contribution >= 4 is 22.5 Å². The summed E-state index contributed by atoms with van der Waals surface area (Å²) in [6.45, 7) is -0.181. The first-order valence-electron chi connectivity index (χ1n) is 7.11. The number of nitrogens with one attached hydrogen (secondary N) is 1. The van der Waals surface area contributed by atoms with Gasteiger partial charge in [-0.1, -0.05) is 30.3 Å². The highest BCUT2D eigenvalue weighted by Crippen LogP contribution is 2.14. The molecule has 0 saturated heterocycles. The quantitative estimate of drug-likeness (QED) is 0.762. The van der Waals surface area contributed by atoms with E-state index in [1.165, 1.54) is 10.9 Å². The number of benzene rings is 2. The highest BCUT2D eigenvalue weighted by atomic mass is 16.3.